The van der Waals surface area contributed by atoms with Gasteiger partial charge in [0, 0.05) is 15.7 Å². The van der Waals surface area contributed by atoms with Gasteiger partial charge < -0.3 is 10.4 Å². The Balaban J connectivity index is 1.94. The predicted molar refractivity (Wildman–Crippen MR) is 72.3 cm³/mol. The zero-order chi connectivity index (χ0) is 11.8. The van der Waals surface area contributed by atoms with Gasteiger partial charge in [0.1, 0.15) is 5.75 Å². The van der Waals surface area contributed by atoms with Gasteiger partial charge in [-0.05, 0) is 30.2 Å². The van der Waals surface area contributed by atoms with Gasteiger partial charge in [-0.3, -0.25) is 0 Å². The van der Waals surface area contributed by atoms with E-state index in [4.69, 9.17) is 0 Å². The molecular formula is C14H12BrNO. The molecule has 2 nitrogen and oxygen atoms in total. The average Bonchev–Trinajstić information content (AvgIpc) is 2.72. The molecule has 0 saturated heterocycles. The standard InChI is InChI=1S/C14H12BrNO/c15-10-5-6-11(14(17)8-10)13-7-9-3-1-2-4-12(9)16-13/h1-6,8,13,16-17H,7H2. The van der Waals surface area contributed by atoms with Gasteiger partial charge in [0.2, 0.25) is 0 Å². The van der Waals surface area contributed by atoms with Crippen LogP contribution < -0.4 is 5.32 Å². The summed E-state index contributed by atoms with van der Waals surface area (Å²) in [7, 11) is 0. The van der Waals surface area contributed by atoms with E-state index in [2.05, 4.69) is 33.4 Å². The van der Waals surface area contributed by atoms with Crippen LogP contribution >= 0.6 is 15.9 Å². The maximum Gasteiger partial charge on any atom is 0.121 e. The van der Waals surface area contributed by atoms with E-state index in [1.807, 2.05) is 24.3 Å². The second kappa shape index (κ2) is 4.08. The largest absolute Gasteiger partial charge is 0.508 e. The van der Waals surface area contributed by atoms with Crippen LogP contribution in [0, 0.1) is 0 Å². The molecule has 2 aromatic carbocycles. The van der Waals surface area contributed by atoms with Crippen molar-refractivity contribution in [1.29, 1.82) is 0 Å². The number of fused-ring (bicyclic) bond motifs is 1. The van der Waals surface area contributed by atoms with Gasteiger partial charge in [-0.2, -0.15) is 0 Å². The number of hydrogen-bond acceptors (Lipinski definition) is 2. The maximum atomic E-state index is 9.96. The quantitative estimate of drug-likeness (QED) is 0.835. The molecule has 0 aliphatic carbocycles. The highest BCUT2D eigenvalue weighted by Gasteiger charge is 2.23. The van der Waals surface area contributed by atoms with Crippen LogP contribution in [0.4, 0.5) is 5.69 Å². The molecule has 1 atom stereocenters. The summed E-state index contributed by atoms with van der Waals surface area (Å²) in [4.78, 5) is 0. The van der Waals surface area contributed by atoms with Crippen LogP contribution in [0.2, 0.25) is 0 Å². The number of benzene rings is 2. The summed E-state index contributed by atoms with van der Waals surface area (Å²) in [5, 5.41) is 13.4. The van der Waals surface area contributed by atoms with Crippen molar-refractivity contribution in [3.8, 4) is 5.75 Å². The zero-order valence-corrected chi connectivity index (χ0v) is 10.7. The Morgan fingerprint density at radius 2 is 2.00 bits per heavy atom. The lowest BCUT2D eigenvalue weighted by molar-refractivity contribution is 0.464. The van der Waals surface area contributed by atoms with Crippen LogP contribution in [0.15, 0.2) is 46.9 Å². The topological polar surface area (TPSA) is 32.3 Å². The number of halogens is 1. The number of hydrogen-bond donors (Lipinski definition) is 2. The Morgan fingerprint density at radius 3 is 2.76 bits per heavy atom. The summed E-state index contributed by atoms with van der Waals surface area (Å²) in [6, 6.07) is 14.1. The van der Waals surface area contributed by atoms with Gasteiger partial charge in [0.25, 0.3) is 0 Å². The van der Waals surface area contributed by atoms with Crippen LogP contribution in [0.25, 0.3) is 0 Å². The van der Waals surface area contributed by atoms with Crippen molar-refractivity contribution in [3.05, 3.63) is 58.1 Å². The molecule has 1 heterocycles. The smallest absolute Gasteiger partial charge is 0.121 e. The van der Waals surface area contributed by atoms with Crippen molar-refractivity contribution in [3.63, 3.8) is 0 Å². The van der Waals surface area contributed by atoms with Crippen molar-refractivity contribution in [2.24, 2.45) is 0 Å². The molecule has 1 aliphatic rings. The first-order valence-electron chi connectivity index (χ1n) is 5.57. The van der Waals surface area contributed by atoms with E-state index in [1.54, 1.807) is 6.07 Å². The molecular weight excluding hydrogens is 278 g/mol. The Morgan fingerprint density at radius 1 is 1.18 bits per heavy atom. The zero-order valence-electron chi connectivity index (χ0n) is 9.15. The second-order valence-electron chi connectivity index (χ2n) is 4.26. The molecule has 1 unspecified atom stereocenters. The lowest BCUT2D eigenvalue weighted by Crippen LogP contribution is -2.05. The van der Waals surface area contributed by atoms with Gasteiger partial charge in [0.15, 0.2) is 0 Å². The number of aromatic hydroxyl groups is 1. The summed E-state index contributed by atoms with van der Waals surface area (Å²) in [6.45, 7) is 0. The molecule has 0 spiro atoms. The molecule has 3 rings (SSSR count). The molecule has 17 heavy (non-hydrogen) atoms. The summed E-state index contributed by atoms with van der Waals surface area (Å²) >= 11 is 3.35. The third-order valence-corrected chi connectivity index (χ3v) is 3.63. The van der Waals surface area contributed by atoms with Gasteiger partial charge in [0.05, 0.1) is 6.04 Å². The van der Waals surface area contributed by atoms with E-state index >= 15 is 0 Å². The van der Waals surface area contributed by atoms with Crippen molar-refractivity contribution in [1.82, 2.24) is 0 Å². The highest BCUT2D eigenvalue weighted by Crippen LogP contribution is 2.37. The third kappa shape index (κ3) is 1.91. The summed E-state index contributed by atoms with van der Waals surface area (Å²) < 4.78 is 0.897. The number of rotatable bonds is 1. The van der Waals surface area contributed by atoms with Crippen LogP contribution in [-0.2, 0) is 6.42 Å². The fourth-order valence-corrected chi connectivity index (χ4v) is 2.65. The van der Waals surface area contributed by atoms with Crippen LogP contribution in [0.1, 0.15) is 17.2 Å². The molecule has 0 saturated carbocycles. The summed E-state index contributed by atoms with van der Waals surface area (Å²) in [5.74, 6) is 0.338. The van der Waals surface area contributed by atoms with E-state index < -0.39 is 0 Å². The molecule has 0 bridgehead atoms. The average molecular weight is 290 g/mol. The van der Waals surface area contributed by atoms with Gasteiger partial charge in [-0.1, -0.05) is 40.2 Å². The van der Waals surface area contributed by atoms with E-state index in [0.717, 1.165) is 16.5 Å². The SMILES string of the molecule is Oc1cc(Br)ccc1C1Cc2ccccc2N1. The minimum atomic E-state index is 0.167. The first-order chi connectivity index (χ1) is 8.24. The summed E-state index contributed by atoms with van der Waals surface area (Å²) in [5.41, 5.74) is 3.42. The molecule has 3 heteroatoms. The highest BCUT2D eigenvalue weighted by atomic mass is 79.9. The maximum absolute atomic E-state index is 9.96. The molecule has 1 aliphatic heterocycles. The molecule has 0 fully saturated rings. The Kier molecular flexibility index (Phi) is 2.56. The number of phenols is 1. The van der Waals surface area contributed by atoms with E-state index in [0.29, 0.717) is 5.75 Å². The summed E-state index contributed by atoms with van der Waals surface area (Å²) in [6.07, 6.45) is 0.922. The van der Waals surface area contributed by atoms with Crippen molar-refractivity contribution >= 4 is 21.6 Å². The highest BCUT2D eigenvalue weighted by molar-refractivity contribution is 9.10. The van der Waals surface area contributed by atoms with Crippen LogP contribution in [-0.4, -0.2) is 5.11 Å². The lowest BCUT2D eigenvalue weighted by atomic mass is 10.0. The van der Waals surface area contributed by atoms with E-state index in [9.17, 15) is 5.11 Å². The predicted octanol–water partition coefficient (Wildman–Crippen LogP) is 3.86. The number of anilines is 1. The Labute approximate surface area is 108 Å². The fourth-order valence-electron chi connectivity index (χ4n) is 2.30. The van der Waals surface area contributed by atoms with E-state index in [1.165, 1.54) is 11.3 Å². The first-order valence-corrected chi connectivity index (χ1v) is 6.36. The third-order valence-electron chi connectivity index (χ3n) is 3.14. The van der Waals surface area contributed by atoms with Gasteiger partial charge in [-0.15, -0.1) is 0 Å². The minimum absolute atomic E-state index is 0.167. The number of nitrogens with one attached hydrogen (secondary N) is 1. The van der Waals surface area contributed by atoms with Gasteiger partial charge in [-0.25, -0.2) is 0 Å². The second-order valence-corrected chi connectivity index (χ2v) is 5.18. The number of para-hydroxylation sites is 1. The van der Waals surface area contributed by atoms with Crippen LogP contribution in [0.3, 0.4) is 0 Å². The van der Waals surface area contributed by atoms with Crippen molar-refractivity contribution in [2.75, 3.05) is 5.32 Å². The molecule has 0 amide bonds. The molecule has 2 N–H and O–H groups in total. The van der Waals surface area contributed by atoms with Crippen molar-refractivity contribution < 1.29 is 5.11 Å². The lowest BCUT2D eigenvalue weighted by Gasteiger charge is -2.13. The van der Waals surface area contributed by atoms with Crippen LogP contribution in [0.5, 0.6) is 5.75 Å². The monoisotopic (exact) mass is 289 g/mol. The molecule has 2 aromatic rings. The normalized spacial score (nSPS) is 17.6. The molecule has 86 valence electrons. The first kappa shape index (κ1) is 10.7. The molecule has 0 radical (unpaired) electrons. The van der Waals surface area contributed by atoms with Gasteiger partial charge >= 0.3 is 0 Å². The Hall–Kier alpha value is -1.48. The molecule has 0 aromatic heterocycles. The number of phenolic OH excluding ortho intramolecular Hbond substituents is 1. The minimum Gasteiger partial charge on any atom is -0.508 e. The van der Waals surface area contributed by atoms with Crippen molar-refractivity contribution in [2.45, 2.75) is 12.5 Å². The van der Waals surface area contributed by atoms with E-state index in [-0.39, 0.29) is 6.04 Å². The Bertz CT molecular complexity index is 543. The fraction of sp³-hybridized carbons (Fsp3) is 0.143.